The van der Waals surface area contributed by atoms with Crippen molar-refractivity contribution in [2.24, 2.45) is 0 Å². The predicted octanol–water partition coefficient (Wildman–Crippen LogP) is 4.64. The first-order chi connectivity index (χ1) is 9.58. The Labute approximate surface area is 127 Å². The Bertz CT molecular complexity index is 609. The highest BCUT2D eigenvalue weighted by Gasteiger charge is 2.08. The average molecular weight is 310 g/mol. The molecule has 0 aliphatic rings. The molecule has 0 aromatic heterocycles. The molecule has 2 aromatic rings. The number of hydrogen-bond donors (Lipinski definition) is 1. The van der Waals surface area contributed by atoms with Crippen LogP contribution < -0.4 is 10.1 Å². The van der Waals surface area contributed by atoms with Crippen molar-refractivity contribution in [1.29, 1.82) is 0 Å². The van der Waals surface area contributed by atoms with E-state index < -0.39 is 0 Å². The molecule has 0 fully saturated rings. The second kappa shape index (κ2) is 6.64. The molecule has 20 heavy (non-hydrogen) atoms. The number of benzene rings is 2. The second-order valence-electron chi connectivity index (χ2n) is 4.07. The van der Waals surface area contributed by atoms with Crippen molar-refractivity contribution in [1.82, 2.24) is 0 Å². The molecule has 104 valence electrons. The lowest BCUT2D eigenvalue weighted by molar-refractivity contribution is 0.102. The summed E-state index contributed by atoms with van der Waals surface area (Å²) in [7, 11) is 0. The van der Waals surface area contributed by atoms with Crippen LogP contribution in [0.25, 0.3) is 0 Å². The first-order valence-corrected chi connectivity index (χ1v) is 6.84. The van der Waals surface area contributed by atoms with Crippen LogP contribution in [0.2, 0.25) is 10.0 Å². The number of ether oxygens (including phenoxy) is 1. The quantitative estimate of drug-likeness (QED) is 0.893. The number of rotatable bonds is 4. The molecule has 0 radical (unpaired) electrons. The van der Waals surface area contributed by atoms with Crippen molar-refractivity contribution in [2.45, 2.75) is 6.92 Å². The fourth-order valence-electron chi connectivity index (χ4n) is 1.72. The summed E-state index contributed by atoms with van der Waals surface area (Å²) >= 11 is 11.8. The Morgan fingerprint density at radius 1 is 1.15 bits per heavy atom. The van der Waals surface area contributed by atoms with Crippen LogP contribution in [-0.2, 0) is 0 Å². The van der Waals surface area contributed by atoms with E-state index in [2.05, 4.69) is 5.32 Å². The van der Waals surface area contributed by atoms with Crippen LogP contribution >= 0.6 is 23.2 Å². The van der Waals surface area contributed by atoms with Gasteiger partial charge in [0, 0.05) is 27.4 Å². The largest absolute Gasteiger partial charge is 0.494 e. The normalized spacial score (nSPS) is 10.2. The summed E-state index contributed by atoms with van der Waals surface area (Å²) in [6.07, 6.45) is 0. The third-order valence-corrected chi connectivity index (χ3v) is 2.96. The molecule has 3 nitrogen and oxygen atoms in total. The first kappa shape index (κ1) is 14.7. The van der Waals surface area contributed by atoms with Gasteiger partial charge in [0.1, 0.15) is 5.75 Å². The summed E-state index contributed by atoms with van der Waals surface area (Å²) in [5.74, 6) is 0.428. The van der Waals surface area contributed by atoms with E-state index in [1.54, 1.807) is 30.3 Å². The molecule has 2 aromatic carbocycles. The van der Waals surface area contributed by atoms with Gasteiger partial charge in [0.05, 0.1) is 6.61 Å². The Hall–Kier alpha value is -1.71. The van der Waals surface area contributed by atoms with Crippen molar-refractivity contribution in [3.05, 3.63) is 58.1 Å². The molecular weight excluding hydrogens is 297 g/mol. The van der Waals surface area contributed by atoms with Crippen LogP contribution in [0.3, 0.4) is 0 Å². The number of anilines is 1. The molecule has 0 spiro atoms. The zero-order valence-corrected chi connectivity index (χ0v) is 12.3. The Kier molecular flexibility index (Phi) is 4.88. The van der Waals surface area contributed by atoms with Gasteiger partial charge in [-0.05, 0) is 37.3 Å². The first-order valence-electron chi connectivity index (χ1n) is 6.09. The Balaban J connectivity index is 2.16. The van der Waals surface area contributed by atoms with E-state index in [0.717, 1.165) is 0 Å². The second-order valence-corrected chi connectivity index (χ2v) is 4.95. The fraction of sp³-hybridized carbons (Fsp3) is 0.133. The van der Waals surface area contributed by atoms with Gasteiger partial charge in [0.25, 0.3) is 5.91 Å². The molecule has 0 heterocycles. The van der Waals surface area contributed by atoms with Crippen molar-refractivity contribution in [2.75, 3.05) is 11.9 Å². The van der Waals surface area contributed by atoms with Crippen LogP contribution in [0.4, 0.5) is 5.69 Å². The van der Waals surface area contributed by atoms with Crippen molar-refractivity contribution in [3.63, 3.8) is 0 Å². The fourth-order valence-corrected chi connectivity index (χ4v) is 2.24. The lowest BCUT2D eigenvalue weighted by Gasteiger charge is -2.08. The summed E-state index contributed by atoms with van der Waals surface area (Å²) in [6.45, 7) is 2.47. The van der Waals surface area contributed by atoms with E-state index in [1.807, 2.05) is 19.1 Å². The van der Waals surface area contributed by atoms with Gasteiger partial charge in [-0.2, -0.15) is 0 Å². The molecular formula is C15H13Cl2NO2. The van der Waals surface area contributed by atoms with Gasteiger partial charge in [-0.1, -0.05) is 29.3 Å². The number of carbonyl (C=O) groups excluding carboxylic acids is 1. The molecule has 0 unspecified atom stereocenters. The lowest BCUT2D eigenvalue weighted by atomic mass is 10.2. The van der Waals surface area contributed by atoms with E-state index in [9.17, 15) is 4.79 Å². The molecule has 5 heteroatoms. The molecule has 1 amide bonds. The minimum absolute atomic E-state index is 0.275. The minimum Gasteiger partial charge on any atom is -0.494 e. The highest BCUT2D eigenvalue weighted by molar-refractivity contribution is 6.35. The third-order valence-electron chi connectivity index (χ3n) is 2.53. The number of nitrogens with one attached hydrogen (secondary N) is 1. The summed E-state index contributed by atoms with van der Waals surface area (Å²) in [4.78, 5) is 12.1. The summed E-state index contributed by atoms with van der Waals surface area (Å²) < 4.78 is 5.38. The molecule has 0 atom stereocenters. The predicted molar refractivity (Wildman–Crippen MR) is 82.0 cm³/mol. The SMILES string of the molecule is CCOc1cccc(NC(=O)c2cc(Cl)cc(Cl)c2)c1. The van der Waals surface area contributed by atoms with Crippen LogP contribution in [0, 0.1) is 0 Å². The topological polar surface area (TPSA) is 38.3 Å². The molecule has 0 bridgehead atoms. The van der Waals surface area contributed by atoms with E-state index >= 15 is 0 Å². The Morgan fingerprint density at radius 2 is 1.85 bits per heavy atom. The number of carbonyl (C=O) groups is 1. The monoisotopic (exact) mass is 309 g/mol. The van der Waals surface area contributed by atoms with Gasteiger partial charge in [-0.15, -0.1) is 0 Å². The summed E-state index contributed by atoms with van der Waals surface area (Å²) in [6, 6.07) is 11.9. The molecule has 0 saturated heterocycles. The molecule has 2 rings (SSSR count). The van der Waals surface area contributed by atoms with Crippen LogP contribution in [0.5, 0.6) is 5.75 Å². The maximum absolute atomic E-state index is 12.1. The number of amides is 1. The van der Waals surface area contributed by atoms with Gasteiger partial charge in [-0.3, -0.25) is 4.79 Å². The van der Waals surface area contributed by atoms with E-state index in [1.165, 1.54) is 0 Å². The summed E-state index contributed by atoms with van der Waals surface area (Å²) in [5.41, 5.74) is 1.06. The minimum atomic E-state index is -0.275. The van der Waals surface area contributed by atoms with Crippen LogP contribution in [-0.4, -0.2) is 12.5 Å². The van der Waals surface area contributed by atoms with Crippen LogP contribution in [0.15, 0.2) is 42.5 Å². The van der Waals surface area contributed by atoms with Crippen molar-refractivity contribution in [3.8, 4) is 5.75 Å². The van der Waals surface area contributed by atoms with Gasteiger partial charge in [-0.25, -0.2) is 0 Å². The number of halogens is 2. The third kappa shape index (κ3) is 3.89. The smallest absolute Gasteiger partial charge is 0.255 e. The maximum Gasteiger partial charge on any atom is 0.255 e. The number of hydrogen-bond acceptors (Lipinski definition) is 2. The molecule has 0 aliphatic carbocycles. The van der Waals surface area contributed by atoms with Crippen molar-refractivity contribution >= 4 is 34.8 Å². The van der Waals surface area contributed by atoms with Gasteiger partial charge < -0.3 is 10.1 Å². The highest BCUT2D eigenvalue weighted by Crippen LogP contribution is 2.21. The van der Waals surface area contributed by atoms with E-state index in [0.29, 0.717) is 33.7 Å². The molecule has 0 aliphatic heterocycles. The van der Waals surface area contributed by atoms with E-state index in [-0.39, 0.29) is 5.91 Å². The Morgan fingerprint density at radius 3 is 2.50 bits per heavy atom. The molecule has 1 N–H and O–H groups in total. The summed E-state index contributed by atoms with van der Waals surface area (Å²) in [5, 5.41) is 3.62. The van der Waals surface area contributed by atoms with E-state index in [4.69, 9.17) is 27.9 Å². The van der Waals surface area contributed by atoms with Crippen molar-refractivity contribution < 1.29 is 9.53 Å². The maximum atomic E-state index is 12.1. The zero-order chi connectivity index (χ0) is 14.5. The highest BCUT2D eigenvalue weighted by atomic mass is 35.5. The standard InChI is InChI=1S/C15H13Cl2NO2/c1-2-20-14-5-3-4-13(9-14)18-15(19)10-6-11(16)8-12(17)7-10/h3-9H,2H2,1H3,(H,18,19). The average Bonchev–Trinajstić information content (AvgIpc) is 2.38. The lowest BCUT2D eigenvalue weighted by Crippen LogP contribution is -2.11. The van der Waals surface area contributed by atoms with Gasteiger partial charge in [0.15, 0.2) is 0 Å². The van der Waals surface area contributed by atoms with Gasteiger partial charge >= 0.3 is 0 Å². The van der Waals surface area contributed by atoms with Crippen LogP contribution in [0.1, 0.15) is 17.3 Å². The van der Waals surface area contributed by atoms with Gasteiger partial charge in [0.2, 0.25) is 0 Å². The zero-order valence-electron chi connectivity index (χ0n) is 10.8. The molecule has 0 saturated carbocycles.